The molecule has 2 saturated heterocycles. The first-order valence-electron chi connectivity index (χ1n) is 12.7. The summed E-state index contributed by atoms with van der Waals surface area (Å²) in [6, 6.07) is 22.3. The van der Waals surface area contributed by atoms with E-state index in [1.165, 1.54) is 14.1 Å². The van der Waals surface area contributed by atoms with E-state index in [1.54, 1.807) is 84.9 Å². The minimum atomic E-state index is -1.09. The number of nitrogens with zero attached hydrogens (tertiary/aromatic N) is 4. The molecule has 5 rings (SSSR count). The van der Waals surface area contributed by atoms with Gasteiger partial charge >= 0.3 is 12.1 Å². The van der Waals surface area contributed by atoms with Crippen LogP contribution < -0.4 is 9.80 Å². The van der Waals surface area contributed by atoms with Crippen LogP contribution in [0.15, 0.2) is 84.9 Å². The van der Waals surface area contributed by atoms with Crippen LogP contribution in [0.4, 0.5) is 21.0 Å². The highest BCUT2D eigenvalue weighted by Crippen LogP contribution is 2.28. The van der Waals surface area contributed by atoms with Crippen LogP contribution in [0.25, 0.3) is 0 Å². The number of carbonyl (C=O) groups excluding carboxylic acids is 6. The predicted molar refractivity (Wildman–Crippen MR) is 145 cm³/mol. The van der Waals surface area contributed by atoms with E-state index < -0.39 is 47.5 Å². The van der Waals surface area contributed by atoms with Crippen LogP contribution in [-0.4, -0.2) is 59.6 Å². The van der Waals surface area contributed by atoms with Gasteiger partial charge in [-0.25, -0.2) is 19.4 Å². The zero-order valence-electron chi connectivity index (χ0n) is 21.9. The lowest BCUT2D eigenvalue weighted by molar-refractivity contribution is -0.141. The molecule has 10 heteroatoms. The summed E-state index contributed by atoms with van der Waals surface area (Å²) in [4.78, 5) is 81.6. The summed E-state index contributed by atoms with van der Waals surface area (Å²) in [6.07, 6.45) is 0.137. The van der Waals surface area contributed by atoms with Crippen LogP contribution in [0.3, 0.4) is 0 Å². The molecule has 2 heterocycles. The van der Waals surface area contributed by atoms with Crippen LogP contribution in [0, 0.1) is 11.8 Å². The van der Waals surface area contributed by atoms with Gasteiger partial charge in [-0.05, 0) is 48.2 Å². The van der Waals surface area contributed by atoms with E-state index >= 15 is 0 Å². The first-order valence-corrected chi connectivity index (χ1v) is 12.7. The fourth-order valence-corrected chi connectivity index (χ4v) is 4.93. The summed E-state index contributed by atoms with van der Waals surface area (Å²) in [5, 5.41) is 0. The summed E-state index contributed by atoms with van der Waals surface area (Å²) >= 11 is 0. The summed E-state index contributed by atoms with van der Waals surface area (Å²) < 4.78 is 0. The normalized spacial score (nSPS) is 20.1. The van der Waals surface area contributed by atoms with E-state index in [0.717, 1.165) is 19.6 Å². The smallest absolute Gasteiger partial charge is 0.273 e. The Morgan fingerprint density at radius 3 is 1.12 bits per heavy atom. The average molecular weight is 539 g/mol. The van der Waals surface area contributed by atoms with Crippen molar-refractivity contribution >= 4 is 47.1 Å². The Balaban J connectivity index is 1.33. The van der Waals surface area contributed by atoms with Gasteiger partial charge in [0.2, 0.25) is 23.6 Å². The van der Waals surface area contributed by atoms with Gasteiger partial charge in [-0.2, -0.15) is 0 Å². The van der Waals surface area contributed by atoms with Crippen molar-refractivity contribution in [3.63, 3.8) is 0 Å². The van der Waals surface area contributed by atoms with Crippen LogP contribution in [0.2, 0.25) is 0 Å². The lowest BCUT2D eigenvalue weighted by Gasteiger charge is -2.35. The van der Waals surface area contributed by atoms with Gasteiger partial charge in [-0.15, -0.1) is 0 Å². The number of barbiturate groups is 2. The van der Waals surface area contributed by atoms with Gasteiger partial charge in [0.25, 0.3) is 0 Å². The Morgan fingerprint density at radius 2 is 0.800 bits per heavy atom. The number of anilines is 2. The third-order valence-electron chi connectivity index (χ3n) is 7.18. The van der Waals surface area contributed by atoms with Crippen LogP contribution in [0.1, 0.15) is 11.1 Å². The standard InChI is InChI=1S/C30H26N4O6/c1-31-25(35)23(27(37)33(29(31)39)21-9-5-3-6-10-21)17-19-13-15-20(16-14-19)18-24-26(36)32(2)30(40)34(28(24)38)22-11-7-4-8-12-22/h3-16,23-24H,17-18H2,1-2H3. The number of carbonyl (C=O) groups is 6. The Hall–Kier alpha value is -5.12. The molecule has 8 amide bonds. The van der Waals surface area contributed by atoms with Crippen LogP contribution >= 0.6 is 0 Å². The molecule has 3 aromatic rings. The maximum atomic E-state index is 13.2. The van der Waals surface area contributed by atoms with E-state index in [1.807, 2.05) is 0 Å². The van der Waals surface area contributed by atoms with Crippen molar-refractivity contribution in [3.8, 4) is 0 Å². The van der Waals surface area contributed by atoms with Crippen molar-refractivity contribution < 1.29 is 28.8 Å². The zero-order valence-corrected chi connectivity index (χ0v) is 21.9. The fourth-order valence-electron chi connectivity index (χ4n) is 4.93. The average Bonchev–Trinajstić information content (AvgIpc) is 2.97. The number of imide groups is 4. The third kappa shape index (κ3) is 4.64. The van der Waals surface area contributed by atoms with E-state index in [-0.39, 0.29) is 12.8 Å². The molecule has 2 unspecified atom stereocenters. The molecular formula is C30H26N4O6. The lowest BCUT2D eigenvalue weighted by Crippen LogP contribution is -2.59. The highest BCUT2D eigenvalue weighted by molar-refractivity contribution is 6.28. The summed E-state index contributed by atoms with van der Waals surface area (Å²) in [7, 11) is 2.70. The quantitative estimate of drug-likeness (QED) is 0.445. The molecule has 2 aliphatic rings. The van der Waals surface area contributed by atoms with Crippen molar-refractivity contribution in [2.75, 3.05) is 23.9 Å². The molecule has 40 heavy (non-hydrogen) atoms. The van der Waals surface area contributed by atoms with Gasteiger partial charge in [0.05, 0.1) is 11.4 Å². The molecule has 0 aromatic heterocycles. The monoisotopic (exact) mass is 538 g/mol. The Kier molecular flexibility index (Phi) is 7.00. The number of benzene rings is 3. The fraction of sp³-hybridized carbons (Fsp3) is 0.200. The van der Waals surface area contributed by atoms with Gasteiger partial charge < -0.3 is 0 Å². The molecule has 0 radical (unpaired) electrons. The highest BCUT2D eigenvalue weighted by atomic mass is 16.2. The Morgan fingerprint density at radius 1 is 0.475 bits per heavy atom. The molecule has 0 bridgehead atoms. The van der Waals surface area contributed by atoms with Crippen LogP contribution in [0.5, 0.6) is 0 Å². The first-order chi connectivity index (χ1) is 19.2. The minimum Gasteiger partial charge on any atom is -0.273 e. The maximum absolute atomic E-state index is 13.2. The molecule has 0 N–H and O–H groups in total. The van der Waals surface area contributed by atoms with E-state index in [9.17, 15) is 28.8 Å². The third-order valence-corrected chi connectivity index (χ3v) is 7.18. The van der Waals surface area contributed by atoms with Crippen molar-refractivity contribution in [1.29, 1.82) is 0 Å². The molecule has 3 aromatic carbocycles. The van der Waals surface area contributed by atoms with Crippen molar-refractivity contribution in [1.82, 2.24) is 9.80 Å². The van der Waals surface area contributed by atoms with Gasteiger partial charge in [0.1, 0.15) is 11.8 Å². The molecule has 0 spiro atoms. The van der Waals surface area contributed by atoms with Gasteiger partial charge in [-0.3, -0.25) is 29.0 Å². The molecule has 0 saturated carbocycles. The summed E-state index contributed by atoms with van der Waals surface area (Å²) in [6.45, 7) is 0. The summed E-state index contributed by atoms with van der Waals surface area (Å²) in [5.41, 5.74) is 2.11. The number of urea groups is 2. The van der Waals surface area contributed by atoms with E-state index in [2.05, 4.69) is 0 Å². The van der Waals surface area contributed by atoms with Gasteiger partial charge in [-0.1, -0.05) is 60.7 Å². The SMILES string of the molecule is CN1C(=O)C(Cc2ccc(CC3C(=O)N(C)C(=O)N(c4ccccc4)C3=O)cc2)C(=O)N(c2ccccc2)C1=O. The summed E-state index contributed by atoms with van der Waals surface area (Å²) in [5.74, 6) is -4.55. The number of hydrogen-bond acceptors (Lipinski definition) is 6. The Labute approximate surface area is 230 Å². The second kappa shape index (κ2) is 10.6. The van der Waals surface area contributed by atoms with E-state index in [0.29, 0.717) is 22.5 Å². The molecule has 2 fully saturated rings. The largest absolute Gasteiger partial charge is 0.337 e. The van der Waals surface area contributed by atoms with Crippen molar-refractivity contribution in [2.24, 2.45) is 11.8 Å². The molecule has 2 aliphatic heterocycles. The Bertz CT molecular complexity index is 1390. The molecule has 10 nitrogen and oxygen atoms in total. The first kappa shape index (κ1) is 26.5. The van der Waals surface area contributed by atoms with Gasteiger partial charge in [0, 0.05) is 14.1 Å². The molecule has 202 valence electrons. The predicted octanol–water partition coefficient (Wildman–Crippen LogP) is 3.25. The molecule has 0 aliphatic carbocycles. The highest BCUT2D eigenvalue weighted by Gasteiger charge is 2.46. The van der Waals surface area contributed by atoms with E-state index in [4.69, 9.17) is 0 Å². The molecular weight excluding hydrogens is 512 g/mol. The van der Waals surface area contributed by atoms with Crippen molar-refractivity contribution in [2.45, 2.75) is 12.8 Å². The second-order valence-electron chi connectivity index (χ2n) is 9.71. The minimum absolute atomic E-state index is 0.0687. The topological polar surface area (TPSA) is 115 Å². The maximum Gasteiger partial charge on any atom is 0.337 e. The molecule has 2 atom stereocenters. The van der Waals surface area contributed by atoms with Crippen LogP contribution in [-0.2, 0) is 32.0 Å². The lowest BCUT2D eigenvalue weighted by atomic mass is 9.91. The number of para-hydroxylation sites is 2. The van der Waals surface area contributed by atoms with Crippen molar-refractivity contribution in [3.05, 3.63) is 96.1 Å². The zero-order chi connectivity index (χ0) is 28.6. The number of rotatable bonds is 6. The second-order valence-corrected chi connectivity index (χ2v) is 9.71. The number of amides is 8. The van der Waals surface area contributed by atoms with Gasteiger partial charge in [0.15, 0.2) is 0 Å². The number of hydrogen-bond donors (Lipinski definition) is 0.